The third kappa shape index (κ3) is 3.17. The number of pyridine rings is 1. The molecule has 0 aromatic carbocycles. The maximum absolute atomic E-state index is 11.1. The Kier molecular flexibility index (Phi) is 3.63. The Morgan fingerprint density at radius 3 is 3.06 bits per heavy atom. The van der Waals surface area contributed by atoms with Gasteiger partial charge in [0.2, 0.25) is 5.95 Å². The summed E-state index contributed by atoms with van der Waals surface area (Å²) in [5.41, 5.74) is 0.724. The molecular weight excluding hydrogens is 260 g/mol. The van der Waals surface area contributed by atoms with E-state index in [-0.39, 0.29) is 6.04 Å². The van der Waals surface area contributed by atoms with Gasteiger partial charge in [0.15, 0.2) is 5.65 Å². The third-order valence-electron chi connectivity index (χ3n) is 2.16. The summed E-state index contributed by atoms with van der Waals surface area (Å²) in [6.07, 6.45) is 3.37. The first kappa shape index (κ1) is 12.3. The average Bonchev–Trinajstić information content (AvgIpc) is 2.57. The van der Waals surface area contributed by atoms with Gasteiger partial charge in [-0.2, -0.15) is 4.98 Å². The Bertz CT molecular complexity index is 556. The van der Waals surface area contributed by atoms with E-state index < -0.39 is 10.8 Å². The average molecular weight is 273 g/mol. The Labute approximate surface area is 107 Å². The van der Waals surface area contributed by atoms with E-state index >= 15 is 0 Å². The van der Waals surface area contributed by atoms with Crippen molar-refractivity contribution in [2.45, 2.75) is 13.0 Å². The number of aromatic nitrogens is 3. The Balaban J connectivity index is 2.16. The van der Waals surface area contributed by atoms with Crippen molar-refractivity contribution in [3.8, 4) is 0 Å². The zero-order chi connectivity index (χ0) is 12.4. The van der Waals surface area contributed by atoms with Gasteiger partial charge in [-0.05, 0) is 19.1 Å². The lowest BCUT2D eigenvalue weighted by Crippen LogP contribution is -2.22. The van der Waals surface area contributed by atoms with E-state index in [1.54, 1.807) is 29.1 Å². The second-order valence-electron chi connectivity index (χ2n) is 3.87. The Morgan fingerprint density at radius 2 is 2.35 bits per heavy atom. The maximum atomic E-state index is 11.1. The van der Waals surface area contributed by atoms with Crippen LogP contribution in [0.1, 0.15) is 6.92 Å². The minimum Gasteiger partial charge on any atom is -0.350 e. The number of hydrogen-bond acceptors (Lipinski definition) is 4. The van der Waals surface area contributed by atoms with Gasteiger partial charge in [0.05, 0.1) is 5.02 Å². The van der Waals surface area contributed by atoms with Gasteiger partial charge in [-0.25, -0.2) is 4.52 Å². The van der Waals surface area contributed by atoms with E-state index in [2.05, 4.69) is 15.4 Å². The summed E-state index contributed by atoms with van der Waals surface area (Å²) < 4.78 is 12.7. The third-order valence-corrected chi connectivity index (χ3v) is 3.35. The van der Waals surface area contributed by atoms with Gasteiger partial charge in [-0.1, -0.05) is 11.6 Å². The number of halogens is 1. The molecule has 5 nitrogen and oxygen atoms in total. The molecule has 2 unspecified atom stereocenters. The summed E-state index contributed by atoms with van der Waals surface area (Å²) in [6.45, 7) is 1.94. The standard InChI is InChI=1S/C10H13ClN4OS/c1-7(6-17(2)16)12-10-13-9-4-3-8(11)5-15(9)14-10/h3-5,7H,6H2,1-2H3,(H,12,14). The Hall–Kier alpha value is -1.14. The van der Waals surface area contributed by atoms with Crippen molar-refractivity contribution in [1.82, 2.24) is 14.6 Å². The molecule has 0 amide bonds. The lowest BCUT2D eigenvalue weighted by Gasteiger charge is -2.09. The van der Waals surface area contributed by atoms with Crippen LogP contribution < -0.4 is 5.32 Å². The highest BCUT2D eigenvalue weighted by Crippen LogP contribution is 2.11. The van der Waals surface area contributed by atoms with E-state index in [4.69, 9.17) is 11.6 Å². The molecule has 0 aliphatic carbocycles. The van der Waals surface area contributed by atoms with Crippen molar-refractivity contribution < 1.29 is 4.21 Å². The van der Waals surface area contributed by atoms with Crippen LogP contribution in [0.4, 0.5) is 5.95 Å². The summed E-state index contributed by atoms with van der Waals surface area (Å²) in [6, 6.07) is 3.62. The molecule has 0 saturated carbocycles. The molecule has 0 aliphatic heterocycles. The first-order valence-electron chi connectivity index (χ1n) is 5.13. The zero-order valence-electron chi connectivity index (χ0n) is 9.55. The fraction of sp³-hybridized carbons (Fsp3) is 0.400. The fourth-order valence-corrected chi connectivity index (χ4v) is 2.48. The van der Waals surface area contributed by atoms with Crippen molar-refractivity contribution in [1.29, 1.82) is 0 Å². The van der Waals surface area contributed by atoms with E-state index in [1.165, 1.54) is 0 Å². The molecule has 0 radical (unpaired) electrons. The van der Waals surface area contributed by atoms with Crippen LogP contribution >= 0.6 is 11.6 Å². The largest absolute Gasteiger partial charge is 0.350 e. The van der Waals surface area contributed by atoms with Crippen molar-refractivity contribution in [3.63, 3.8) is 0 Å². The highest BCUT2D eigenvalue weighted by molar-refractivity contribution is 7.84. The molecule has 0 aliphatic rings. The number of anilines is 1. The summed E-state index contributed by atoms with van der Waals surface area (Å²) in [5.74, 6) is 1.08. The molecule has 2 rings (SSSR count). The molecule has 7 heteroatoms. The second kappa shape index (κ2) is 5.01. The molecule has 0 spiro atoms. The zero-order valence-corrected chi connectivity index (χ0v) is 11.1. The van der Waals surface area contributed by atoms with Gasteiger partial charge in [-0.3, -0.25) is 4.21 Å². The highest BCUT2D eigenvalue weighted by atomic mass is 35.5. The summed E-state index contributed by atoms with van der Waals surface area (Å²) >= 11 is 5.85. The van der Waals surface area contributed by atoms with Crippen LogP contribution in [0.15, 0.2) is 18.3 Å². The predicted molar refractivity (Wildman–Crippen MR) is 70.0 cm³/mol. The van der Waals surface area contributed by atoms with Crippen molar-refractivity contribution in [2.24, 2.45) is 0 Å². The smallest absolute Gasteiger partial charge is 0.243 e. The van der Waals surface area contributed by atoms with Crippen LogP contribution in [0, 0.1) is 0 Å². The molecule has 2 atom stereocenters. The molecule has 2 aromatic rings. The lowest BCUT2D eigenvalue weighted by molar-refractivity contribution is 0.682. The first-order chi connectivity index (χ1) is 8.04. The SMILES string of the molecule is CC(CS(C)=O)Nc1nc2ccc(Cl)cn2n1. The number of nitrogens with one attached hydrogen (secondary N) is 1. The molecule has 1 N–H and O–H groups in total. The van der Waals surface area contributed by atoms with E-state index in [1.807, 2.05) is 6.92 Å². The topological polar surface area (TPSA) is 59.3 Å². The van der Waals surface area contributed by atoms with Gasteiger partial charge in [0.25, 0.3) is 0 Å². The number of fused-ring (bicyclic) bond motifs is 1. The van der Waals surface area contributed by atoms with Crippen molar-refractivity contribution in [3.05, 3.63) is 23.4 Å². The summed E-state index contributed by atoms with van der Waals surface area (Å²) in [5, 5.41) is 7.94. The van der Waals surface area contributed by atoms with Crippen molar-refractivity contribution in [2.75, 3.05) is 17.3 Å². The molecule has 0 saturated heterocycles. The fourth-order valence-electron chi connectivity index (χ4n) is 1.53. The van der Waals surface area contributed by atoms with Crippen LogP contribution in [-0.4, -0.2) is 36.9 Å². The minimum atomic E-state index is -0.837. The number of hydrogen-bond donors (Lipinski definition) is 1. The van der Waals surface area contributed by atoms with Gasteiger partial charge in [-0.15, -0.1) is 5.10 Å². The van der Waals surface area contributed by atoms with Gasteiger partial charge < -0.3 is 5.32 Å². The van der Waals surface area contributed by atoms with E-state index in [0.717, 1.165) is 5.65 Å². The normalized spacial score (nSPS) is 14.8. The van der Waals surface area contributed by atoms with Crippen LogP contribution in [0.5, 0.6) is 0 Å². The van der Waals surface area contributed by atoms with Gasteiger partial charge in [0.1, 0.15) is 0 Å². The molecule has 17 heavy (non-hydrogen) atoms. The maximum Gasteiger partial charge on any atom is 0.243 e. The highest BCUT2D eigenvalue weighted by Gasteiger charge is 2.08. The molecule has 2 heterocycles. The molecular formula is C10H13ClN4OS. The molecule has 2 aromatic heterocycles. The first-order valence-corrected chi connectivity index (χ1v) is 7.23. The number of rotatable bonds is 4. The lowest BCUT2D eigenvalue weighted by atomic mass is 10.4. The second-order valence-corrected chi connectivity index (χ2v) is 5.79. The van der Waals surface area contributed by atoms with Crippen LogP contribution in [-0.2, 0) is 10.8 Å². The summed E-state index contributed by atoms with van der Waals surface area (Å²) in [4.78, 5) is 4.28. The van der Waals surface area contributed by atoms with Gasteiger partial charge >= 0.3 is 0 Å². The molecule has 92 valence electrons. The summed E-state index contributed by atoms with van der Waals surface area (Å²) in [7, 11) is -0.837. The van der Waals surface area contributed by atoms with Crippen molar-refractivity contribution >= 4 is 34.0 Å². The van der Waals surface area contributed by atoms with Gasteiger partial charge in [0, 0.05) is 35.0 Å². The van der Waals surface area contributed by atoms with E-state index in [0.29, 0.717) is 16.7 Å². The van der Waals surface area contributed by atoms with Crippen LogP contribution in [0.3, 0.4) is 0 Å². The quantitative estimate of drug-likeness (QED) is 0.918. The number of nitrogens with zero attached hydrogens (tertiary/aromatic N) is 3. The Morgan fingerprint density at radius 1 is 1.59 bits per heavy atom. The monoisotopic (exact) mass is 272 g/mol. The minimum absolute atomic E-state index is 0.0636. The van der Waals surface area contributed by atoms with Crippen LogP contribution in [0.2, 0.25) is 5.02 Å². The molecule has 0 fully saturated rings. The van der Waals surface area contributed by atoms with E-state index in [9.17, 15) is 4.21 Å². The predicted octanol–water partition coefficient (Wildman–Crippen LogP) is 1.56. The molecule has 0 bridgehead atoms. The van der Waals surface area contributed by atoms with Crippen LogP contribution in [0.25, 0.3) is 5.65 Å².